The van der Waals surface area contributed by atoms with Crippen LogP contribution in [0, 0.1) is 0 Å². The lowest BCUT2D eigenvalue weighted by Gasteiger charge is -2.24. The summed E-state index contributed by atoms with van der Waals surface area (Å²) in [5.41, 5.74) is -0.611. The van der Waals surface area contributed by atoms with Crippen LogP contribution in [0.1, 0.15) is 29.8 Å². The molecule has 0 atom stereocenters. The summed E-state index contributed by atoms with van der Waals surface area (Å²) in [6.45, 7) is 8.37. The Balaban J connectivity index is 3.29. The molecule has 0 radical (unpaired) electrons. The van der Waals surface area contributed by atoms with Crippen molar-refractivity contribution in [2.24, 2.45) is 0 Å². The van der Waals surface area contributed by atoms with E-state index in [1.165, 1.54) is 6.07 Å². The van der Waals surface area contributed by atoms with E-state index in [9.17, 15) is 18.0 Å². The quantitative estimate of drug-likeness (QED) is 0.837. The average molecular weight is 287 g/mol. The summed E-state index contributed by atoms with van der Waals surface area (Å²) < 4.78 is 38.2. The molecule has 1 N–H and O–H groups in total. The predicted octanol–water partition coefficient (Wildman–Crippen LogP) is 3.81. The molecule has 0 amide bonds. The van der Waals surface area contributed by atoms with Gasteiger partial charge in [0.15, 0.2) is 0 Å². The molecule has 1 aromatic carbocycles. The number of hydrogen-bond acceptors (Lipinski definition) is 2. The van der Waals surface area contributed by atoms with Gasteiger partial charge in [-0.25, -0.2) is 4.79 Å². The van der Waals surface area contributed by atoms with E-state index >= 15 is 0 Å². The lowest BCUT2D eigenvalue weighted by atomic mass is 10.1. The smallest absolute Gasteiger partial charge is 0.417 e. The minimum absolute atomic E-state index is 0.431. The second-order valence-electron chi connectivity index (χ2n) is 4.50. The van der Waals surface area contributed by atoms with E-state index < -0.39 is 23.3 Å². The average Bonchev–Trinajstić information content (AvgIpc) is 2.33. The van der Waals surface area contributed by atoms with E-state index in [0.717, 1.165) is 17.7 Å². The first-order valence-electron chi connectivity index (χ1n) is 6.00. The number of carboxylic acids is 1. The molecule has 0 saturated carbocycles. The Bertz CT molecular complexity index is 524. The van der Waals surface area contributed by atoms with E-state index in [2.05, 4.69) is 6.58 Å². The first kappa shape index (κ1) is 16.1. The largest absolute Gasteiger partial charge is 0.478 e. The number of likely N-dealkylation sites (N-methyl/N-ethyl adjacent to an activating group) is 1. The van der Waals surface area contributed by atoms with Gasteiger partial charge >= 0.3 is 12.1 Å². The number of anilines is 1. The van der Waals surface area contributed by atoms with Crippen LogP contribution in [0.15, 0.2) is 30.4 Å². The molecular weight excluding hydrogens is 271 g/mol. The van der Waals surface area contributed by atoms with Crippen LogP contribution in [0.25, 0.3) is 0 Å². The van der Waals surface area contributed by atoms with Crippen LogP contribution in [0.4, 0.5) is 18.9 Å². The van der Waals surface area contributed by atoms with Gasteiger partial charge in [0.25, 0.3) is 0 Å². The molecule has 0 unspecified atom stereocenters. The topological polar surface area (TPSA) is 40.5 Å². The Morgan fingerprint density at radius 3 is 2.40 bits per heavy atom. The first-order chi connectivity index (χ1) is 9.16. The van der Waals surface area contributed by atoms with Crippen molar-refractivity contribution >= 4 is 11.7 Å². The standard InChI is InChI=1S/C14H16F3NO2/c1-4-18(8-9(2)3)10-5-6-12(14(15,16)17)11(7-10)13(19)20/h5-7H,2,4,8H2,1,3H3,(H,19,20). The minimum atomic E-state index is -4.68. The van der Waals surface area contributed by atoms with Crippen molar-refractivity contribution < 1.29 is 23.1 Å². The molecule has 0 saturated heterocycles. The van der Waals surface area contributed by atoms with Crippen molar-refractivity contribution in [2.75, 3.05) is 18.0 Å². The number of aromatic carboxylic acids is 1. The Morgan fingerprint density at radius 2 is 2.00 bits per heavy atom. The molecular formula is C14H16F3NO2. The zero-order valence-corrected chi connectivity index (χ0v) is 11.3. The van der Waals surface area contributed by atoms with Crippen molar-refractivity contribution in [3.63, 3.8) is 0 Å². The maximum atomic E-state index is 12.7. The predicted molar refractivity (Wildman–Crippen MR) is 71.1 cm³/mol. The third-order valence-corrected chi connectivity index (χ3v) is 2.75. The number of rotatable bonds is 5. The Kier molecular flexibility index (Phi) is 4.81. The highest BCUT2D eigenvalue weighted by Gasteiger charge is 2.35. The molecule has 0 aliphatic rings. The molecule has 6 heteroatoms. The van der Waals surface area contributed by atoms with Crippen LogP contribution in [0.2, 0.25) is 0 Å². The van der Waals surface area contributed by atoms with Gasteiger partial charge in [-0.2, -0.15) is 13.2 Å². The fourth-order valence-electron chi connectivity index (χ4n) is 1.86. The van der Waals surface area contributed by atoms with E-state index in [1.54, 1.807) is 11.8 Å². The Morgan fingerprint density at radius 1 is 1.40 bits per heavy atom. The normalized spacial score (nSPS) is 11.2. The van der Waals surface area contributed by atoms with Crippen LogP contribution < -0.4 is 4.90 Å². The number of carboxylic acid groups (broad SMARTS) is 1. The molecule has 0 bridgehead atoms. The number of alkyl halides is 3. The summed E-state index contributed by atoms with van der Waals surface area (Å²) in [4.78, 5) is 12.8. The van der Waals surface area contributed by atoms with Crippen molar-refractivity contribution in [2.45, 2.75) is 20.0 Å². The van der Waals surface area contributed by atoms with Crippen LogP contribution in [0.5, 0.6) is 0 Å². The third kappa shape index (κ3) is 3.76. The lowest BCUT2D eigenvalue weighted by Crippen LogP contribution is -2.25. The first-order valence-corrected chi connectivity index (χ1v) is 6.00. The molecule has 0 fully saturated rings. The number of halogens is 3. The fourth-order valence-corrected chi connectivity index (χ4v) is 1.86. The molecule has 20 heavy (non-hydrogen) atoms. The minimum Gasteiger partial charge on any atom is -0.478 e. The molecule has 0 spiro atoms. The maximum absolute atomic E-state index is 12.7. The van der Waals surface area contributed by atoms with Gasteiger partial charge in [-0.3, -0.25) is 0 Å². The van der Waals surface area contributed by atoms with Crippen LogP contribution in [0.3, 0.4) is 0 Å². The van der Waals surface area contributed by atoms with Crippen molar-refractivity contribution in [1.82, 2.24) is 0 Å². The number of benzene rings is 1. The summed E-state index contributed by atoms with van der Waals surface area (Å²) in [6, 6.07) is 3.14. The zero-order valence-electron chi connectivity index (χ0n) is 11.3. The van der Waals surface area contributed by atoms with Gasteiger partial charge in [0.05, 0.1) is 11.1 Å². The van der Waals surface area contributed by atoms with Gasteiger partial charge in [0.2, 0.25) is 0 Å². The highest BCUT2D eigenvalue weighted by molar-refractivity contribution is 5.91. The molecule has 0 aliphatic heterocycles. The zero-order chi connectivity index (χ0) is 15.5. The molecule has 0 aromatic heterocycles. The van der Waals surface area contributed by atoms with Gasteiger partial charge in [-0.1, -0.05) is 12.2 Å². The van der Waals surface area contributed by atoms with Gasteiger partial charge in [-0.15, -0.1) is 0 Å². The molecule has 110 valence electrons. The van der Waals surface area contributed by atoms with Crippen LogP contribution >= 0.6 is 0 Å². The number of hydrogen-bond donors (Lipinski definition) is 1. The summed E-state index contributed by atoms with van der Waals surface area (Å²) >= 11 is 0. The highest BCUT2D eigenvalue weighted by atomic mass is 19.4. The monoisotopic (exact) mass is 287 g/mol. The summed E-state index contributed by atoms with van der Waals surface area (Å²) in [6.07, 6.45) is -4.68. The Hall–Kier alpha value is -1.98. The van der Waals surface area contributed by atoms with Gasteiger partial charge in [-0.05, 0) is 32.0 Å². The van der Waals surface area contributed by atoms with Gasteiger partial charge < -0.3 is 10.0 Å². The summed E-state index contributed by atoms with van der Waals surface area (Å²) in [7, 11) is 0. The van der Waals surface area contributed by atoms with Crippen LogP contribution in [-0.2, 0) is 6.18 Å². The van der Waals surface area contributed by atoms with E-state index in [-0.39, 0.29) is 0 Å². The summed E-state index contributed by atoms with van der Waals surface area (Å²) in [5, 5.41) is 8.95. The SMILES string of the molecule is C=C(C)CN(CC)c1ccc(C(F)(F)F)c(C(=O)O)c1. The maximum Gasteiger partial charge on any atom is 0.417 e. The molecule has 0 aliphatic carbocycles. The summed E-state index contributed by atoms with van der Waals surface area (Å²) in [5.74, 6) is -1.59. The Labute approximate surface area is 115 Å². The molecule has 1 rings (SSSR count). The molecule has 1 aromatic rings. The van der Waals surface area contributed by atoms with Crippen molar-refractivity contribution in [3.05, 3.63) is 41.5 Å². The molecule has 3 nitrogen and oxygen atoms in total. The number of carbonyl (C=O) groups is 1. The van der Waals surface area contributed by atoms with Gasteiger partial charge in [0.1, 0.15) is 0 Å². The fraction of sp³-hybridized carbons (Fsp3) is 0.357. The molecule has 0 heterocycles. The van der Waals surface area contributed by atoms with E-state index in [1.807, 2.05) is 6.92 Å². The van der Waals surface area contributed by atoms with E-state index in [4.69, 9.17) is 5.11 Å². The van der Waals surface area contributed by atoms with Crippen molar-refractivity contribution in [3.8, 4) is 0 Å². The van der Waals surface area contributed by atoms with Crippen molar-refractivity contribution in [1.29, 1.82) is 0 Å². The second kappa shape index (κ2) is 5.98. The van der Waals surface area contributed by atoms with Crippen LogP contribution in [-0.4, -0.2) is 24.2 Å². The number of nitrogens with zero attached hydrogens (tertiary/aromatic N) is 1. The van der Waals surface area contributed by atoms with Gasteiger partial charge in [0, 0.05) is 18.8 Å². The second-order valence-corrected chi connectivity index (χ2v) is 4.50. The highest BCUT2D eigenvalue weighted by Crippen LogP contribution is 2.34. The lowest BCUT2D eigenvalue weighted by molar-refractivity contribution is -0.138. The van der Waals surface area contributed by atoms with E-state index in [0.29, 0.717) is 18.8 Å². The third-order valence-electron chi connectivity index (χ3n) is 2.75.